The zero-order chi connectivity index (χ0) is 14.7. The van der Waals surface area contributed by atoms with Crippen molar-refractivity contribution in [3.8, 4) is 0 Å². The molecule has 0 aliphatic carbocycles. The number of nitrogens with one attached hydrogen (secondary N) is 1. The quantitative estimate of drug-likeness (QED) is 0.653. The van der Waals surface area contributed by atoms with E-state index in [1.165, 1.54) is 4.90 Å². The molecule has 2 aliphatic rings. The van der Waals surface area contributed by atoms with E-state index in [9.17, 15) is 14.7 Å². The van der Waals surface area contributed by atoms with Crippen molar-refractivity contribution in [3.63, 3.8) is 0 Å². The molecule has 0 radical (unpaired) electrons. The van der Waals surface area contributed by atoms with Gasteiger partial charge in [-0.1, -0.05) is 0 Å². The van der Waals surface area contributed by atoms with Gasteiger partial charge in [-0.05, 0) is 32.4 Å². The first kappa shape index (κ1) is 15.1. The number of rotatable bonds is 3. The largest absolute Gasteiger partial charge is 0.480 e. The van der Waals surface area contributed by atoms with E-state index in [0.717, 1.165) is 19.4 Å². The van der Waals surface area contributed by atoms with Crippen molar-refractivity contribution in [3.05, 3.63) is 0 Å². The summed E-state index contributed by atoms with van der Waals surface area (Å²) in [5, 5.41) is 21.9. The van der Waals surface area contributed by atoms with Gasteiger partial charge in [-0.2, -0.15) is 0 Å². The topological polar surface area (TPSA) is 93.1 Å². The highest BCUT2D eigenvalue weighted by atomic mass is 16.4. The van der Waals surface area contributed by atoms with Gasteiger partial charge in [0.2, 0.25) is 0 Å². The van der Waals surface area contributed by atoms with Gasteiger partial charge in [0.15, 0.2) is 0 Å². The standard InChI is InChI=1S/C13H23N3O4/c1-14-6-9-3-2-4-15(7-9)13(20)16-8-10(17)5-11(16)12(18)19/h9-11,14,17H,2-8H2,1H3,(H,18,19)/t9?,10-,11+/m1/s1. The number of urea groups is 1. The second-order valence-corrected chi connectivity index (χ2v) is 5.69. The molecule has 0 aromatic heterocycles. The van der Waals surface area contributed by atoms with E-state index in [1.807, 2.05) is 7.05 Å². The zero-order valence-electron chi connectivity index (χ0n) is 11.8. The third kappa shape index (κ3) is 3.21. The smallest absolute Gasteiger partial charge is 0.326 e. The van der Waals surface area contributed by atoms with Crippen LogP contribution in [0.15, 0.2) is 0 Å². The van der Waals surface area contributed by atoms with Crippen LogP contribution in [0, 0.1) is 5.92 Å². The summed E-state index contributed by atoms with van der Waals surface area (Å²) in [6.07, 6.45) is 1.40. The number of nitrogens with zero attached hydrogens (tertiary/aromatic N) is 2. The van der Waals surface area contributed by atoms with Gasteiger partial charge in [-0.3, -0.25) is 0 Å². The lowest BCUT2D eigenvalue weighted by molar-refractivity contribution is -0.141. The highest BCUT2D eigenvalue weighted by molar-refractivity contribution is 5.83. The number of hydrogen-bond donors (Lipinski definition) is 3. The van der Waals surface area contributed by atoms with Crippen LogP contribution in [0.5, 0.6) is 0 Å². The number of aliphatic hydroxyl groups is 1. The van der Waals surface area contributed by atoms with Crippen LogP contribution in [0.4, 0.5) is 4.79 Å². The third-order valence-electron chi connectivity index (χ3n) is 4.09. The molecule has 3 atom stereocenters. The Morgan fingerprint density at radius 2 is 2.10 bits per heavy atom. The molecule has 114 valence electrons. The fraction of sp³-hybridized carbons (Fsp3) is 0.846. The van der Waals surface area contributed by atoms with Crippen LogP contribution in [-0.2, 0) is 4.79 Å². The van der Waals surface area contributed by atoms with E-state index in [-0.39, 0.29) is 19.0 Å². The Morgan fingerprint density at radius 3 is 2.75 bits per heavy atom. The number of amides is 2. The van der Waals surface area contributed by atoms with E-state index in [4.69, 9.17) is 5.11 Å². The number of hydrogen-bond acceptors (Lipinski definition) is 4. The highest BCUT2D eigenvalue weighted by Crippen LogP contribution is 2.23. The van der Waals surface area contributed by atoms with E-state index in [2.05, 4.69) is 5.32 Å². The maximum atomic E-state index is 12.5. The molecular weight excluding hydrogens is 262 g/mol. The molecular formula is C13H23N3O4. The maximum absolute atomic E-state index is 12.5. The Hall–Kier alpha value is -1.34. The number of likely N-dealkylation sites (tertiary alicyclic amines) is 2. The molecule has 3 N–H and O–H groups in total. The first-order valence-corrected chi connectivity index (χ1v) is 7.14. The number of carbonyl (C=O) groups is 2. The average molecular weight is 285 g/mol. The minimum absolute atomic E-state index is 0.114. The summed E-state index contributed by atoms with van der Waals surface area (Å²) in [5.74, 6) is -0.632. The molecule has 2 aliphatic heterocycles. The van der Waals surface area contributed by atoms with Gasteiger partial charge in [0.1, 0.15) is 6.04 Å². The van der Waals surface area contributed by atoms with Gasteiger partial charge in [-0.25, -0.2) is 9.59 Å². The Bertz CT molecular complexity index is 375. The molecule has 2 saturated heterocycles. The first-order valence-electron chi connectivity index (χ1n) is 7.14. The molecule has 2 rings (SSSR count). The number of carboxylic acids is 1. The fourth-order valence-electron chi connectivity index (χ4n) is 3.14. The van der Waals surface area contributed by atoms with Crippen molar-refractivity contribution in [1.29, 1.82) is 0 Å². The Labute approximate surface area is 118 Å². The number of carboxylic acid groups (broad SMARTS) is 1. The molecule has 2 fully saturated rings. The van der Waals surface area contributed by atoms with Crippen molar-refractivity contribution < 1.29 is 19.8 Å². The second kappa shape index (κ2) is 6.41. The van der Waals surface area contributed by atoms with Crippen LogP contribution < -0.4 is 5.32 Å². The molecule has 2 amide bonds. The molecule has 0 aromatic carbocycles. The minimum Gasteiger partial charge on any atom is -0.480 e. The fourth-order valence-corrected chi connectivity index (χ4v) is 3.14. The van der Waals surface area contributed by atoms with Crippen molar-refractivity contribution >= 4 is 12.0 Å². The molecule has 0 saturated carbocycles. The second-order valence-electron chi connectivity index (χ2n) is 5.69. The summed E-state index contributed by atoms with van der Waals surface area (Å²) in [6, 6.07) is -1.16. The average Bonchev–Trinajstić information content (AvgIpc) is 2.81. The lowest BCUT2D eigenvalue weighted by Gasteiger charge is -2.36. The van der Waals surface area contributed by atoms with Crippen LogP contribution in [0.2, 0.25) is 0 Å². The Balaban J connectivity index is 2.00. The minimum atomic E-state index is -1.04. The summed E-state index contributed by atoms with van der Waals surface area (Å²) in [6.45, 7) is 2.29. The molecule has 1 unspecified atom stereocenters. The third-order valence-corrected chi connectivity index (χ3v) is 4.09. The summed E-state index contributed by atoms with van der Waals surface area (Å²) < 4.78 is 0. The first-order chi connectivity index (χ1) is 9.52. The van der Waals surface area contributed by atoms with Crippen LogP contribution in [-0.4, -0.2) is 77.4 Å². The zero-order valence-corrected chi connectivity index (χ0v) is 11.8. The SMILES string of the molecule is CNCC1CCCN(C(=O)N2C[C@H](O)C[C@H]2C(=O)O)C1. The van der Waals surface area contributed by atoms with E-state index in [0.29, 0.717) is 19.0 Å². The molecule has 0 bridgehead atoms. The van der Waals surface area contributed by atoms with Crippen molar-refractivity contribution in [2.24, 2.45) is 5.92 Å². The lowest BCUT2D eigenvalue weighted by Crippen LogP contribution is -2.51. The molecule has 7 nitrogen and oxygen atoms in total. The van der Waals surface area contributed by atoms with Gasteiger partial charge < -0.3 is 25.3 Å². The number of aliphatic hydroxyl groups excluding tert-OH is 1. The van der Waals surface area contributed by atoms with Gasteiger partial charge >= 0.3 is 12.0 Å². The maximum Gasteiger partial charge on any atom is 0.326 e. The molecule has 0 aromatic rings. The van der Waals surface area contributed by atoms with Crippen molar-refractivity contribution in [2.45, 2.75) is 31.4 Å². The molecule has 0 spiro atoms. The van der Waals surface area contributed by atoms with Gasteiger partial charge in [0, 0.05) is 26.1 Å². The summed E-state index contributed by atoms with van der Waals surface area (Å²) in [7, 11) is 1.89. The number of piperidine rings is 1. The summed E-state index contributed by atoms with van der Waals surface area (Å²) in [5.41, 5.74) is 0. The molecule has 2 heterocycles. The van der Waals surface area contributed by atoms with Gasteiger partial charge in [-0.15, -0.1) is 0 Å². The number of aliphatic carboxylic acids is 1. The predicted molar refractivity (Wildman–Crippen MR) is 72.4 cm³/mol. The molecule has 20 heavy (non-hydrogen) atoms. The normalized spacial score (nSPS) is 30.6. The van der Waals surface area contributed by atoms with E-state index >= 15 is 0 Å². The van der Waals surface area contributed by atoms with Crippen LogP contribution in [0.25, 0.3) is 0 Å². The van der Waals surface area contributed by atoms with Crippen LogP contribution in [0.3, 0.4) is 0 Å². The molecule has 7 heteroatoms. The highest BCUT2D eigenvalue weighted by Gasteiger charge is 2.41. The van der Waals surface area contributed by atoms with E-state index < -0.39 is 18.1 Å². The number of carbonyl (C=O) groups excluding carboxylic acids is 1. The Kier molecular flexibility index (Phi) is 4.82. The van der Waals surface area contributed by atoms with Crippen LogP contribution >= 0.6 is 0 Å². The monoisotopic (exact) mass is 285 g/mol. The number of β-amino-alcohol motifs (C(OH)–C–C–N with tert-alkyl or cyclic N) is 1. The summed E-state index contributed by atoms with van der Waals surface area (Å²) >= 11 is 0. The van der Waals surface area contributed by atoms with Crippen LogP contribution in [0.1, 0.15) is 19.3 Å². The van der Waals surface area contributed by atoms with Crippen molar-refractivity contribution in [1.82, 2.24) is 15.1 Å². The van der Waals surface area contributed by atoms with Crippen molar-refractivity contribution in [2.75, 3.05) is 33.2 Å². The summed E-state index contributed by atoms with van der Waals surface area (Å²) in [4.78, 5) is 26.7. The van der Waals surface area contributed by atoms with E-state index in [1.54, 1.807) is 4.90 Å². The predicted octanol–water partition coefficient (Wildman–Crippen LogP) is -0.442. The van der Waals surface area contributed by atoms with Gasteiger partial charge in [0.05, 0.1) is 6.10 Å². The Morgan fingerprint density at radius 1 is 1.35 bits per heavy atom. The van der Waals surface area contributed by atoms with Gasteiger partial charge in [0.25, 0.3) is 0 Å². The lowest BCUT2D eigenvalue weighted by atomic mass is 9.98.